The van der Waals surface area contributed by atoms with E-state index in [-0.39, 0.29) is 12.1 Å². The van der Waals surface area contributed by atoms with Gasteiger partial charge >= 0.3 is 6.03 Å². The molecule has 0 bridgehead atoms. The summed E-state index contributed by atoms with van der Waals surface area (Å²) < 4.78 is 5.63. The van der Waals surface area contributed by atoms with E-state index in [1.54, 1.807) is 0 Å². The molecule has 2 aliphatic heterocycles. The van der Waals surface area contributed by atoms with Gasteiger partial charge < -0.3 is 15.0 Å². The zero-order valence-electron chi connectivity index (χ0n) is 14.9. The van der Waals surface area contributed by atoms with Gasteiger partial charge in [-0.25, -0.2) is 4.79 Å². The van der Waals surface area contributed by atoms with Crippen molar-refractivity contribution in [3.8, 4) is 0 Å². The molecule has 3 heterocycles. The molecule has 1 aromatic rings. The Kier molecular flexibility index (Phi) is 5.76. The summed E-state index contributed by atoms with van der Waals surface area (Å²) in [6.45, 7) is 6.45. The maximum Gasteiger partial charge on any atom is 0.317 e. The third-order valence-electron chi connectivity index (χ3n) is 5.30. The maximum atomic E-state index is 12.8. The first kappa shape index (κ1) is 17.3. The fraction of sp³-hybridized carbons (Fsp3) is 0.778. The van der Waals surface area contributed by atoms with Gasteiger partial charge in [0.2, 0.25) is 0 Å². The summed E-state index contributed by atoms with van der Waals surface area (Å²) in [4.78, 5) is 14.8. The highest BCUT2D eigenvalue weighted by molar-refractivity contribution is 5.75. The summed E-state index contributed by atoms with van der Waals surface area (Å²) in [7, 11) is 0. The van der Waals surface area contributed by atoms with Gasteiger partial charge in [0, 0.05) is 31.0 Å². The van der Waals surface area contributed by atoms with Crippen LogP contribution in [0.2, 0.25) is 0 Å². The van der Waals surface area contributed by atoms with Gasteiger partial charge in [0.05, 0.1) is 17.8 Å². The van der Waals surface area contributed by atoms with Gasteiger partial charge in [-0.2, -0.15) is 5.10 Å². The number of aromatic amines is 1. The lowest BCUT2D eigenvalue weighted by Gasteiger charge is -2.31. The molecule has 0 radical (unpaired) electrons. The van der Waals surface area contributed by atoms with Crippen LogP contribution in [0.3, 0.4) is 0 Å². The van der Waals surface area contributed by atoms with Crippen LogP contribution in [0.25, 0.3) is 0 Å². The van der Waals surface area contributed by atoms with E-state index in [1.807, 2.05) is 18.7 Å². The lowest BCUT2D eigenvalue weighted by molar-refractivity contribution is 0.103. The average Bonchev–Trinajstić information content (AvgIpc) is 3.11. The highest BCUT2D eigenvalue weighted by Crippen LogP contribution is 2.33. The first-order valence-corrected chi connectivity index (χ1v) is 9.34. The fourth-order valence-corrected chi connectivity index (χ4v) is 4.02. The molecule has 2 atom stereocenters. The number of H-pyrrole nitrogens is 1. The monoisotopic (exact) mass is 334 g/mol. The molecule has 0 spiro atoms. The Morgan fingerprint density at radius 1 is 1.29 bits per heavy atom. The summed E-state index contributed by atoms with van der Waals surface area (Å²) in [5, 5.41) is 10.5. The largest absolute Gasteiger partial charge is 0.378 e. The molecule has 0 aliphatic carbocycles. The van der Waals surface area contributed by atoms with Crippen LogP contribution in [-0.2, 0) is 4.74 Å². The van der Waals surface area contributed by atoms with Gasteiger partial charge in [-0.05, 0) is 46.0 Å². The van der Waals surface area contributed by atoms with Gasteiger partial charge in [-0.15, -0.1) is 0 Å². The van der Waals surface area contributed by atoms with Gasteiger partial charge in [0.25, 0.3) is 0 Å². The van der Waals surface area contributed by atoms with Crippen molar-refractivity contribution in [2.24, 2.45) is 0 Å². The second kappa shape index (κ2) is 8.01. The number of aromatic nitrogens is 2. The number of ether oxygens (including phenoxy) is 1. The lowest BCUT2D eigenvalue weighted by Crippen LogP contribution is -2.43. The van der Waals surface area contributed by atoms with E-state index < -0.39 is 0 Å². The molecule has 2 saturated heterocycles. The van der Waals surface area contributed by atoms with Crippen molar-refractivity contribution in [2.75, 3.05) is 19.7 Å². The highest BCUT2D eigenvalue weighted by atomic mass is 16.5. The minimum absolute atomic E-state index is 0.0555. The van der Waals surface area contributed by atoms with Gasteiger partial charge in [0.15, 0.2) is 0 Å². The van der Waals surface area contributed by atoms with Crippen molar-refractivity contribution in [1.29, 1.82) is 0 Å². The molecular formula is C18H30N4O2. The van der Waals surface area contributed by atoms with Crippen molar-refractivity contribution in [3.05, 3.63) is 17.0 Å². The lowest BCUT2D eigenvalue weighted by atomic mass is 9.99. The van der Waals surface area contributed by atoms with E-state index in [0.717, 1.165) is 63.1 Å². The molecule has 2 aliphatic rings. The molecule has 2 N–H and O–H groups in total. The molecule has 2 fully saturated rings. The van der Waals surface area contributed by atoms with Gasteiger partial charge in [-0.1, -0.05) is 12.8 Å². The van der Waals surface area contributed by atoms with Crippen LogP contribution in [0.1, 0.15) is 67.9 Å². The third kappa shape index (κ3) is 3.91. The Labute approximate surface area is 144 Å². The van der Waals surface area contributed by atoms with Crippen LogP contribution in [0.15, 0.2) is 0 Å². The Morgan fingerprint density at radius 3 is 2.88 bits per heavy atom. The van der Waals surface area contributed by atoms with Crippen molar-refractivity contribution >= 4 is 6.03 Å². The summed E-state index contributed by atoms with van der Waals surface area (Å²) >= 11 is 0. The number of carbonyl (C=O) groups is 1. The second-order valence-electron chi connectivity index (χ2n) is 7.06. The number of likely N-dealkylation sites (tertiary alicyclic amines) is 1. The van der Waals surface area contributed by atoms with Crippen LogP contribution in [0.4, 0.5) is 4.79 Å². The van der Waals surface area contributed by atoms with E-state index in [4.69, 9.17) is 4.74 Å². The van der Waals surface area contributed by atoms with Gasteiger partial charge in [0.1, 0.15) is 0 Å². The van der Waals surface area contributed by atoms with Crippen molar-refractivity contribution in [1.82, 2.24) is 20.4 Å². The first-order valence-electron chi connectivity index (χ1n) is 9.34. The first-order chi connectivity index (χ1) is 11.7. The number of hydrogen-bond donors (Lipinski definition) is 2. The van der Waals surface area contributed by atoms with E-state index in [0.29, 0.717) is 12.6 Å². The number of urea groups is 1. The Balaban J connectivity index is 1.64. The summed E-state index contributed by atoms with van der Waals surface area (Å²) in [5.41, 5.74) is 3.29. The Hall–Kier alpha value is -1.56. The second-order valence-corrected chi connectivity index (χ2v) is 7.06. The van der Waals surface area contributed by atoms with Crippen molar-refractivity contribution in [3.63, 3.8) is 0 Å². The van der Waals surface area contributed by atoms with Crippen LogP contribution in [0, 0.1) is 13.8 Å². The van der Waals surface area contributed by atoms with E-state index >= 15 is 0 Å². The zero-order chi connectivity index (χ0) is 16.9. The minimum Gasteiger partial charge on any atom is -0.378 e. The number of amides is 2. The summed E-state index contributed by atoms with van der Waals surface area (Å²) in [5.74, 6) is 0. The third-order valence-corrected chi connectivity index (χ3v) is 5.30. The number of nitrogens with one attached hydrogen (secondary N) is 2. The minimum atomic E-state index is 0.0555. The Bertz CT molecular complexity index is 532. The van der Waals surface area contributed by atoms with E-state index in [2.05, 4.69) is 15.5 Å². The number of hydrogen-bond acceptors (Lipinski definition) is 3. The van der Waals surface area contributed by atoms with Crippen molar-refractivity contribution < 1.29 is 9.53 Å². The number of carbonyl (C=O) groups excluding carboxylic acids is 1. The zero-order valence-corrected chi connectivity index (χ0v) is 14.9. The molecule has 0 unspecified atom stereocenters. The Morgan fingerprint density at radius 2 is 2.17 bits per heavy atom. The van der Waals surface area contributed by atoms with E-state index in [1.165, 1.54) is 12.0 Å². The topological polar surface area (TPSA) is 70.2 Å². The van der Waals surface area contributed by atoms with Crippen LogP contribution >= 0.6 is 0 Å². The SMILES string of the molecule is Cc1n[nH]c(C)c1[C@H]1CCCCCN1C(=O)NCC[C@@H]1CCCO1. The van der Waals surface area contributed by atoms with Crippen LogP contribution in [-0.4, -0.2) is 46.9 Å². The molecule has 24 heavy (non-hydrogen) atoms. The molecule has 3 rings (SSSR count). The summed E-state index contributed by atoms with van der Waals surface area (Å²) in [6.07, 6.45) is 7.94. The predicted octanol–water partition coefficient (Wildman–Crippen LogP) is 3.22. The summed E-state index contributed by atoms with van der Waals surface area (Å²) in [6, 6.07) is 0.189. The molecule has 0 saturated carbocycles. The quantitative estimate of drug-likeness (QED) is 0.888. The fourth-order valence-electron chi connectivity index (χ4n) is 4.02. The smallest absolute Gasteiger partial charge is 0.317 e. The molecule has 6 heteroatoms. The molecule has 0 aromatic carbocycles. The van der Waals surface area contributed by atoms with Crippen LogP contribution in [0.5, 0.6) is 0 Å². The predicted molar refractivity (Wildman–Crippen MR) is 93.0 cm³/mol. The molecule has 134 valence electrons. The number of aryl methyl sites for hydroxylation is 2. The number of rotatable bonds is 4. The number of nitrogens with zero attached hydrogens (tertiary/aromatic N) is 2. The average molecular weight is 334 g/mol. The highest BCUT2D eigenvalue weighted by Gasteiger charge is 2.30. The van der Waals surface area contributed by atoms with Crippen LogP contribution < -0.4 is 5.32 Å². The molecule has 1 aromatic heterocycles. The van der Waals surface area contributed by atoms with Gasteiger partial charge in [-0.3, -0.25) is 5.10 Å². The standard InChI is InChI=1S/C18H30N4O2/c1-13-17(14(2)21-20-13)16-8-4-3-5-11-22(16)18(23)19-10-9-15-7-6-12-24-15/h15-16H,3-12H2,1-2H3,(H,19,23)(H,20,21)/t15-,16+/m0/s1. The normalized spacial score (nSPS) is 24.8. The molecule has 6 nitrogen and oxygen atoms in total. The van der Waals surface area contributed by atoms with E-state index in [9.17, 15) is 4.79 Å². The molecule has 2 amide bonds. The maximum absolute atomic E-state index is 12.8. The van der Waals surface area contributed by atoms with Crippen molar-refractivity contribution in [2.45, 2.75) is 70.9 Å². The molecular weight excluding hydrogens is 304 g/mol.